The maximum absolute atomic E-state index is 8.98. The molecule has 4 nitrogen and oxygen atoms in total. The van der Waals surface area contributed by atoms with Crippen LogP contribution < -0.4 is 0 Å². The number of hydrogen-bond acceptors (Lipinski definition) is 3. The quantitative estimate of drug-likeness (QED) is 0.663. The number of nitrogens with zero attached hydrogens (tertiary/aromatic N) is 4. The van der Waals surface area contributed by atoms with Gasteiger partial charge in [-0.25, -0.2) is 4.98 Å². The van der Waals surface area contributed by atoms with Gasteiger partial charge in [-0.05, 0) is 56.2 Å². The predicted molar refractivity (Wildman–Crippen MR) is 105 cm³/mol. The number of imidazole rings is 1. The summed E-state index contributed by atoms with van der Waals surface area (Å²) in [5.74, 6) is 1.18. The van der Waals surface area contributed by atoms with Crippen molar-refractivity contribution in [2.45, 2.75) is 39.3 Å². The van der Waals surface area contributed by atoms with Crippen molar-refractivity contribution in [1.29, 1.82) is 5.26 Å². The van der Waals surface area contributed by atoms with Crippen LogP contribution in [0.25, 0.3) is 22.2 Å². The summed E-state index contributed by atoms with van der Waals surface area (Å²) in [6.45, 7) is 9.91. The van der Waals surface area contributed by atoms with Crippen LogP contribution in [0.4, 0.5) is 0 Å². The van der Waals surface area contributed by atoms with E-state index in [0.717, 1.165) is 37.1 Å². The van der Waals surface area contributed by atoms with Crippen LogP contribution in [0.15, 0.2) is 42.5 Å². The highest BCUT2D eigenvalue weighted by Gasteiger charge is 2.25. The molecule has 0 saturated heterocycles. The van der Waals surface area contributed by atoms with Gasteiger partial charge >= 0.3 is 0 Å². The van der Waals surface area contributed by atoms with E-state index in [9.17, 15) is 0 Å². The molecule has 0 amide bonds. The number of aromatic nitrogens is 2. The molecule has 0 spiro atoms. The Hall–Kier alpha value is -2.64. The Labute approximate surface area is 154 Å². The Morgan fingerprint density at radius 2 is 1.69 bits per heavy atom. The zero-order chi connectivity index (χ0) is 18.3. The van der Waals surface area contributed by atoms with Crippen LogP contribution in [0.5, 0.6) is 0 Å². The minimum atomic E-state index is 0.188. The van der Waals surface area contributed by atoms with Gasteiger partial charge in [-0.1, -0.05) is 18.2 Å². The van der Waals surface area contributed by atoms with Crippen molar-refractivity contribution in [3.8, 4) is 17.2 Å². The summed E-state index contributed by atoms with van der Waals surface area (Å²) in [6.07, 6.45) is 0.984. The Morgan fingerprint density at radius 1 is 0.962 bits per heavy atom. The fourth-order valence-electron chi connectivity index (χ4n) is 3.77. The topological polar surface area (TPSA) is 44.9 Å². The van der Waals surface area contributed by atoms with E-state index in [1.54, 1.807) is 0 Å². The molecule has 2 heterocycles. The highest BCUT2D eigenvalue weighted by molar-refractivity contribution is 5.83. The Balaban J connectivity index is 1.71. The van der Waals surface area contributed by atoms with Crippen molar-refractivity contribution >= 4 is 11.0 Å². The number of benzene rings is 2. The van der Waals surface area contributed by atoms with Crippen LogP contribution in [0.3, 0.4) is 0 Å². The van der Waals surface area contributed by atoms with Crippen molar-refractivity contribution in [3.05, 3.63) is 53.9 Å². The molecule has 26 heavy (non-hydrogen) atoms. The second kappa shape index (κ2) is 6.26. The summed E-state index contributed by atoms with van der Waals surface area (Å²) in [6, 6.07) is 16.4. The maximum Gasteiger partial charge on any atom is 0.111 e. The highest BCUT2D eigenvalue weighted by Crippen LogP contribution is 2.27. The standard InChI is InChI=1S/C22H24N4/c1-22(2,3)25-11-10-21-24-19-9-8-18(14-20(19)26(21)13-12-25)17-6-4-16(15-23)5-7-17/h4-9,14H,10-13H2,1-3H3. The maximum atomic E-state index is 8.98. The summed E-state index contributed by atoms with van der Waals surface area (Å²) in [5.41, 5.74) is 5.45. The lowest BCUT2D eigenvalue weighted by molar-refractivity contribution is 0.140. The van der Waals surface area contributed by atoms with Gasteiger partial charge in [0.15, 0.2) is 0 Å². The highest BCUT2D eigenvalue weighted by atomic mass is 15.2. The molecular formula is C22H24N4. The van der Waals surface area contributed by atoms with E-state index in [-0.39, 0.29) is 5.54 Å². The lowest BCUT2D eigenvalue weighted by Gasteiger charge is -2.34. The minimum Gasteiger partial charge on any atom is -0.327 e. The Kier molecular flexibility index (Phi) is 4.05. The SMILES string of the molecule is CC(C)(C)N1CCc2nc3ccc(-c4ccc(C#N)cc4)cc3n2CC1. The van der Waals surface area contributed by atoms with Gasteiger partial charge in [0.25, 0.3) is 0 Å². The molecule has 0 radical (unpaired) electrons. The fourth-order valence-corrected chi connectivity index (χ4v) is 3.77. The molecule has 0 bridgehead atoms. The normalized spacial score (nSPS) is 15.5. The molecular weight excluding hydrogens is 320 g/mol. The van der Waals surface area contributed by atoms with Gasteiger partial charge in [-0.2, -0.15) is 5.26 Å². The fraction of sp³-hybridized carbons (Fsp3) is 0.364. The molecule has 0 fully saturated rings. The van der Waals surface area contributed by atoms with Gasteiger partial charge in [0.1, 0.15) is 5.82 Å². The van der Waals surface area contributed by atoms with E-state index < -0.39 is 0 Å². The van der Waals surface area contributed by atoms with Gasteiger partial charge in [-0.3, -0.25) is 4.90 Å². The first kappa shape index (κ1) is 16.8. The van der Waals surface area contributed by atoms with Gasteiger partial charge in [0.05, 0.1) is 22.7 Å². The lowest BCUT2D eigenvalue weighted by Crippen LogP contribution is -2.43. The Bertz CT molecular complexity index is 984. The number of rotatable bonds is 1. The molecule has 1 aromatic heterocycles. The smallest absolute Gasteiger partial charge is 0.111 e. The third-order valence-corrected chi connectivity index (χ3v) is 5.32. The predicted octanol–water partition coefficient (Wildman–Crippen LogP) is 4.23. The zero-order valence-electron chi connectivity index (χ0n) is 15.7. The summed E-state index contributed by atoms with van der Waals surface area (Å²) in [7, 11) is 0. The molecule has 0 aliphatic carbocycles. The summed E-state index contributed by atoms with van der Waals surface area (Å²) in [4.78, 5) is 7.42. The van der Waals surface area contributed by atoms with E-state index in [2.05, 4.69) is 54.5 Å². The second-order valence-corrected chi connectivity index (χ2v) is 7.98. The number of nitriles is 1. The summed E-state index contributed by atoms with van der Waals surface area (Å²) < 4.78 is 2.38. The zero-order valence-corrected chi connectivity index (χ0v) is 15.7. The van der Waals surface area contributed by atoms with Gasteiger partial charge in [-0.15, -0.1) is 0 Å². The molecule has 1 aliphatic heterocycles. The van der Waals surface area contributed by atoms with E-state index in [0.29, 0.717) is 5.56 Å². The van der Waals surface area contributed by atoms with E-state index in [4.69, 9.17) is 10.2 Å². The number of fused-ring (bicyclic) bond motifs is 3. The molecule has 4 heteroatoms. The van der Waals surface area contributed by atoms with Crippen LogP contribution in [-0.4, -0.2) is 33.1 Å². The molecule has 0 atom stereocenters. The monoisotopic (exact) mass is 344 g/mol. The average molecular weight is 344 g/mol. The van der Waals surface area contributed by atoms with Crippen molar-refractivity contribution in [1.82, 2.24) is 14.5 Å². The van der Waals surface area contributed by atoms with Crippen molar-refractivity contribution < 1.29 is 0 Å². The van der Waals surface area contributed by atoms with Gasteiger partial charge in [0, 0.05) is 31.6 Å². The second-order valence-electron chi connectivity index (χ2n) is 7.98. The van der Waals surface area contributed by atoms with Crippen LogP contribution in [0, 0.1) is 11.3 Å². The molecule has 1 aliphatic rings. The largest absolute Gasteiger partial charge is 0.327 e. The molecule has 132 valence electrons. The van der Waals surface area contributed by atoms with Crippen LogP contribution in [-0.2, 0) is 13.0 Å². The molecule has 0 saturated carbocycles. The first-order chi connectivity index (χ1) is 12.5. The molecule has 3 aromatic rings. The van der Waals surface area contributed by atoms with Gasteiger partial charge < -0.3 is 4.57 Å². The third-order valence-electron chi connectivity index (χ3n) is 5.32. The average Bonchev–Trinajstić information content (AvgIpc) is 2.82. The van der Waals surface area contributed by atoms with Crippen LogP contribution in [0.1, 0.15) is 32.2 Å². The van der Waals surface area contributed by atoms with Crippen LogP contribution >= 0.6 is 0 Å². The third kappa shape index (κ3) is 3.00. The first-order valence-corrected chi connectivity index (χ1v) is 9.20. The molecule has 2 aromatic carbocycles. The van der Waals surface area contributed by atoms with Crippen molar-refractivity contribution in [2.24, 2.45) is 0 Å². The van der Waals surface area contributed by atoms with Crippen molar-refractivity contribution in [2.75, 3.05) is 13.1 Å². The van der Waals surface area contributed by atoms with E-state index in [1.165, 1.54) is 16.9 Å². The molecule has 4 rings (SSSR count). The summed E-state index contributed by atoms with van der Waals surface area (Å²) in [5, 5.41) is 8.98. The van der Waals surface area contributed by atoms with E-state index >= 15 is 0 Å². The molecule has 0 unspecified atom stereocenters. The Morgan fingerprint density at radius 3 is 2.38 bits per heavy atom. The van der Waals surface area contributed by atoms with Gasteiger partial charge in [0.2, 0.25) is 0 Å². The first-order valence-electron chi connectivity index (χ1n) is 9.20. The van der Waals surface area contributed by atoms with Crippen molar-refractivity contribution in [3.63, 3.8) is 0 Å². The van der Waals surface area contributed by atoms with Crippen LogP contribution in [0.2, 0.25) is 0 Å². The summed E-state index contributed by atoms with van der Waals surface area (Å²) >= 11 is 0. The van der Waals surface area contributed by atoms with E-state index in [1.807, 2.05) is 24.3 Å². The number of hydrogen-bond donors (Lipinski definition) is 0. The lowest BCUT2D eigenvalue weighted by atomic mass is 10.0. The minimum absolute atomic E-state index is 0.188. The molecule has 0 N–H and O–H groups in total.